The van der Waals surface area contributed by atoms with Crippen molar-refractivity contribution < 1.29 is 14.2 Å². The predicted molar refractivity (Wildman–Crippen MR) is 85.2 cm³/mol. The van der Waals surface area contributed by atoms with Gasteiger partial charge in [0.05, 0.1) is 7.11 Å². The minimum absolute atomic E-state index is 0.623. The third kappa shape index (κ3) is 2.25. The van der Waals surface area contributed by atoms with Gasteiger partial charge in [0.2, 0.25) is 0 Å². The number of hydrogen-bond donors (Lipinski definition) is 0. The molecule has 0 spiro atoms. The van der Waals surface area contributed by atoms with Crippen LogP contribution in [0.4, 0.5) is 5.69 Å². The molecule has 0 bridgehead atoms. The lowest BCUT2D eigenvalue weighted by atomic mass is 10.1. The van der Waals surface area contributed by atoms with Gasteiger partial charge in [0.15, 0.2) is 11.5 Å². The van der Waals surface area contributed by atoms with Crippen molar-refractivity contribution in [1.29, 1.82) is 0 Å². The molecule has 114 valence electrons. The lowest BCUT2D eigenvalue weighted by Gasteiger charge is -2.25. The first-order valence-corrected chi connectivity index (χ1v) is 7.64. The van der Waals surface area contributed by atoms with Crippen molar-refractivity contribution in [2.75, 3.05) is 31.8 Å². The van der Waals surface area contributed by atoms with Crippen LogP contribution >= 0.6 is 0 Å². The fourth-order valence-corrected chi connectivity index (χ4v) is 3.20. The van der Waals surface area contributed by atoms with Gasteiger partial charge in [-0.1, -0.05) is 12.1 Å². The lowest BCUT2D eigenvalue weighted by molar-refractivity contribution is 0.170. The summed E-state index contributed by atoms with van der Waals surface area (Å²) in [6, 6.07) is 12.4. The van der Waals surface area contributed by atoms with Crippen LogP contribution in [-0.2, 0) is 13.0 Å². The first kappa shape index (κ1) is 13.3. The average molecular weight is 297 g/mol. The lowest BCUT2D eigenvalue weighted by Crippen LogP contribution is -2.22. The topological polar surface area (TPSA) is 30.9 Å². The van der Waals surface area contributed by atoms with Crippen molar-refractivity contribution in [3.63, 3.8) is 0 Å². The van der Waals surface area contributed by atoms with Crippen LogP contribution in [0.15, 0.2) is 36.4 Å². The zero-order valence-corrected chi connectivity index (χ0v) is 12.7. The van der Waals surface area contributed by atoms with Gasteiger partial charge < -0.3 is 19.1 Å². The number of rotatable bonds is 3. The maximum Gasteiger partial charge on any atom is 0.166 e. The molecule has 2 aliphatic heterocycles. The van der Waals surface area contributed by atoms with Crippen LogP contribution in [-0.4, -0.2) is 26.9 Å². The van der Waals surface area contributed by atoms with Crippen molar-refractivity contribution in [3.05, 3.63) is 47.5 Å². The summed E-state index contributed by atoms with van der Waals surface area (Å²) in [5.74, 6) is 2.68. The Morgan fingerprint density at radius 3 is 2.95 bits per heavy atom. The van der Waals surface area contributed by atoms with E-state index in [0.29, 0.717) is 13.2 Å². The van der Waals surface area contributed by atoms with E-state index in [9.17, 15) is 0 Å². The number of methoxy groups -OCH3 is 1. The van der Waals surface area contributed by atoms with Gasteiger partial charge in [-0.25, -0.2) is 0 Å². The Kier molecular flexibility index (Phi) is 3.29. The molecule has 4 heteroatoms. The van der Waals surface area contributed by atoms with Gasteiger partial charge in [0.25, 0.3) is 0 Å². The van der Waals surface area contributed by atoms with Crippen LogP contribution in [0.25, 0.3) is 0 Å². The molecule has 0 saturated heterocycles. The molecule has 0 aromatic heterocycles. The Morgan fingerprint density at radius 1 is 1.14 bits per heavy atom. The Morgan fingerprint density at radius 2 is 2.05 bits per heavy atom. The number of nitrogens with zero attached hydrogens (tertiary/aromatic N) is 1. The van der Waals surface area contributed by atoms with Gasteiger partial charge in [-0.15, -0.1) is 0 Å². The molecular weight excluding hydrogens is 278 g/mol. The minimum Gasteiger partial charge on any atom is -0.497 e. The first-order valence-electron chi connectivity index (χ1n) is 7.64. The average Bonchev–Trinajstić information content (AvgIpc) is 2.97. The summed E-state index contributed by atoms with van der Waals surface area (Å²) in [5.41, 5.74) is 3.82. The Labute approximate surface area is 130 Å². The van der Waals surface area contributed by atoms with Crippen molar-refractivity contribution in [2.45, 2.75) is 13.0 Å². The highest BCUT2D eigenvalue weighted by Crippen LogP contribution is 2.37. The molecule has 2 aromatic rings. The van der Waals surface area contributed by atoms with Crippen LogP contribution in [0, 0.1) is 0 Å². The van der Waals surface area contributed by atoms with Gasteiger partial charge >= 0.3 is 0 Å². The fourth-order valence-electron chi connectivity index (χ4n) is 3.20. The fraction of sp³-hybridized carbons (Fsp3) is 0.333. The van der Waals surface area contributed by atoms with Gasteiger partial charge in [-0.3, -0.25) is 0 Å². The summed E-state index contributed by atoms with van der Waals surface area (Å²) >= 11 is 0. The predicted octanol–water partition coefficient (Wildman–Crippen LogP) is 3.03. The van der Waals surface area contributed by atoms with E-state index in [-0.39, 0.29) is 0 Å². The maximum atomic E-state index is 5.82. The molecule has 0 radical (unpaired) electrons. The molecule has 0 unspecified atom stereocenters. The smallest absolute Gasteiger partial charge is 0.166 e. The number of fused-ring (bicyclic) bond motifs is 2. The molecule has 0 aliphatic carbocycles. The van der Waals surface area contributed by atoms with E-state index in [1.165, 1.54) is 16.8 Å². The highest BCUT2D eigenvalue weighted by Gasteiger charge is 2.23. The molecule has 4 nitrogen and oxygen atoms in total. The summed E-state index contributed by atoms with van der Waals surface area (Å²) in [7, 11) is 1.71. The molecule has 4 rings (SSSR count). The number of hydrogen-bond acceptors (Lipinski definition) is 4. The molecule has 0 N–H and O–H groups in total. The van der Waals surface area contributed by atoms with E-state index in [4.69, 9.17) is 14.2 Å². The molecular formula is C18H19NO3. The summed E-state index contributed by atoms with van der Waals surface area (Å²) in [6.45, 7) is 3.11. The molecule has 0 amide bonds. The molecule has 2 aliphatic rings. The number of ether oxygens (including phenoxy) is 3. The van der Waals surface area contributed by atoms with Crippen LogP contribution in [0.3, 0.4) is 0 Å². The maximum absolute atomic E-state index is 5.82. The van der Waals surface area contributed by atoms with Crippen molar-refractivity contribution >= 4 is 5.69 Å². The molecule has 0 atom stereocenters. The van der Waals surface area contributed by atoms with Crippen molar-refractivity contribution in [3.8, 4) is 17.2 Å². The number of benzene rings is 2. The van der Waals surface area contributed by atoms with Crippen LogP contribution < -0.4 is 19.1 Å². The second kappa shape index (κ2) is 5.44. The summed E-state index contributed by atoms with van der Waals surface area (Å²) < 4.78 is 16.8. The van der Waals surface area contributed by atoms with E-state index >= 15 is 0 Å². The van der Waals surface area contributed by atoms with Crippen LogP contribution in [0.2, 0.25) is 0 Å². The Balaban J connectivity index is 1.61. The second-order valence-corrected chi connectivity index (χ2v) is 5.61. The largest absolute Gasteiger partial charge is 0.497 e. The molecule has 22 heavy (non-hydrogen) atoms. The highest BCUT2D eigenvalue weighted by atomic mass is 16.6. The summed E-state index contributed by atoms with van der Waals surface area (Å²) in [5, 5.41) is 0. The van der Waals surface area contributed by atoms with E-state index in [1.54, 1.807) is 7.11 Å². The number of para-hydroxylation sites is 1. The zero-order chi connectivity index (χ0) is 14.9. The van der Waals surface area contributed by atoms with Gasteiger partial charge in [-0.05, 0) is 36.2 Å². The normalized spacial score (nSPS) is 15.6. The van der Waals surface area contributed by atoms with Crippen molar-refractivity contribution in [2.24, 2.45) is 0 Å². The molecule has 0 fully saturated rings. The number of anilines is 1. The minimum atomic E-state index is 0.623. The van der Waals surface area contributed by atoms with Crippen LogP contribution in [0.1, 0.15) is 11.1 Å². The quantitative estimate of drug-likeness (QED) is 0.871. The van der Waals surface area contributed by atoms with Gasteiger partial charge in [-0.2, -0.15) is 0 Å². The van der Waals surface area contributed by atoms with Crippen LogP contribution in [0.5, 0.6) is 17.2 Å². The monoisotopic (exact) mass is 297 g/mol. The van der Waals surface area contributed by atoms with E-state index in [2.05, 4.69) is 23.1 Å². The highest BCUT2D eigenvalue weighted by molar-refractivity contribution is 5.61. The third-order valence-electron chi connectivity index (χ3n) is 4.29. The summed E-state index contributed by atoms with van der Waals surface area (Å²) in [6.07, 6.45) is 1.05. The van der Waals surface area contributed by atoms with Crippen molar-refractivity contribution in [1.82, 2.24) is 0 Å². The SMILES string of the molecule is COc1ccc2c(c1)CCN2Cc1cccc2c1OCCO2. The Hall–Kier alpha value is -2.36. The summed E-state index contributed by atoms with van der Waals surface area (Å²) in [4.78, 5) is 2.39. The molecule has 2 aromatic carbocycles. The second-order valence-electron chi connectivity index (χ2n) is 5.61. The standard InChI is InChI=1S/C18H19NO3/c1-20-15-5-6-16-13(11-15)7-8-19(16)12-14-3-2-4-17-18(14)22-10-9-21-17/h2-6,11H,7-10,12H2,1H3. The Bertz CT molecular complexity index is 699. The third-order valence-corrected chi connectivity index (χ3v) is 4.29. The van der Waals surface area contributed by atoms with E-state index in [0.717, 1.165) is 36.8 Å². The van der Waals surface area contributed by atoms with E-state index < -0.39 is 0 Å². The molecule has 2 heterocycles. The van der Waals surface area contributed by atoms with Gasteiger partial charge in [0.1, 0.15) is 19.0 Å². The zero-order valence-electron chi connectivity index (χ0n) is 12.7. The molecule has 0 saturated carbocycles. The first-order chi connectivity index (χ1) is 10.8. The van der Waals surface area contributed by atoms with E-state index in [1.807, 2.05) is 18.2 Å². The van der Waals surface area contributed by atoms with Gasteiger partial charge in [0, 0.05) is 24.3 Å².